The fourth-order valence-corrected chi connectivity index (χ4v) is 4.30. The van der Waals surface area contributed by atoms with Crippen molar-refractivity contribution in [2.24, 2.45) is 12.5 Å². The van der Waals surface area contributed by atoms with Crippen LogP contribution in [0.15, 0.2) is 36.7 Å². The maximum Gasteiger partial charge on any atom is 0.230 e. The van der Waals surface area contributed by atoms with Crippen molar-refractivity contribution in [1.82, 2.24) is 19.4 Å². The van der Waals surface area contributed by atoms with Crippen LogP contribution in [0.25, 0.3) is 0 Å². The van der Waals surface area contributed by atoms with E-state index in [2.05, 4.69) is 50.5 Å². The number of carbonyl (C=O) groups excluding carboxylic acids is 1. The number of aromatic nitrogens is 2. The normalized spacial score (nSPS) is 23.9. The van der Waals surface area contributed by atoms with E-state index in [0.717, 1.165) is 51.4 Å². The molecule has 1 amide bonds. The number of imidazole rings is 1. The summed E-state index contributed by atoms with van der Waals surface area (Å²) in [5.41, 5.74) is 2.31. The van der Waals surface area contributed by atoms with E-state index < -0.39 is 0 Å². The standard InChI is InChI=1S/C20H26N4O/c1-16-4-3-5-17(12-16)13-24-10-7-20(19(24)25)6-9-23(15-20)14-18-21-8-11-22(18)2/h3-5,8,11-12H,6-7,9-10,13-15H2,1-2H3. The molecule has 3 heterocycles. The molecule has 1 atom stereocenters. The molecule has 5 nitrogen and oxygen atoms in total. The van der Waals surface area contributed by atoms with Crippen molar-refractivity contribution in [1.29, 1.82) is 0 Å². The molecular weight excluding hydrogens is 312 g/mol. The number of aryl methyl sites for hydroxylation is 2. The van der Waals surface area contributed by atoms with E-state index in [1.807, 2.05) is 19.4 Å². The number of rotatable bonds is 4. The van der Waals surface area contributed by atoms with Crippen molar-refractivity contribution in [3.8, 4) is 0 Å². The predicted molar refractivity (Wildman–Crippen MR) is 96.7 cm³/mol. The zero-order chi connectivity index (χ0) is 17.4. The minimum absolute atomic E-state index is 0.172. The number of carbonyl (C=O) groups is 1. The monoisotopic (exact) mass is 338 g/mol. The van der Waals surface area contributed by atoms with Gasteiger partial charge in [-0.1, -0.05) is 29.8 Å². The molecule has 132 valence electrons. The Morgan fingerprint density at radius 2 is 2.04 bits per heavy atom. The molecule has 0 saturated carbocycles. The molecule has 25 heavy (non-hydrogen) atoms. The molecule has 5 heteroatoms. The Balaban J connectivity index is 1.42. The van der Waals surface area contributed by atoms with Crippen molar-refractivity contribution >= 4 is 5.91 Å². The van der Waals surface area contributed by atoms with Gasteiger partial charge < -0.3 is 9.47 Å². The summed E-state index contributed by atoms with van der Waals surface area (Å²) in [7, 11) is 2.03. The summed E-state index contributed by atoms with van der Waals surface area (Å²) < 4.78 is 2.06. The predicted octanol–water partition coefficient (Wildman–Crippen LogP) is 2.35. The highest BCUT2D eigenvalue weighted by Gasteiger charge is 2.50. The second-order valence-corrected chi connectivity index (χ2v) is 7.66. The maximum atomic E-state index is 13.1. The van der Waals surface area contributed by atoms with E-state index in [4.69, 9.17) is 0 Å². The Morgan fingerprint density at radius 3 is 2.80 bits per heavy atom. The summed E-state index contributed by atoms with van der Waals surface area (Å²) in [5, 5.41) is 0. The number of hydrogen-bond donors (Lipinski definition) is 0. The highest BCUT2D eigenvalue weighted by molar-refractivity contribution is 5.85. The van der Waals surface area contributed by atoms with Crippen molar-refractivity contribution in [3.63, 3.8) is 0 Å². The van der Waals surface area contributed by atoms with Gasteiger partial charge in [0.2, 0.25) is 5.91 Å². The van der Waals surface area contributed by atoms with Crippen LogP contribution in [0.3, 0.4) is 0 Å². The van der Waals surface area contributed by atoms with Crippen LogP contribution in [-0.4, -0.2) is 44.9 Å². The van der Waals surface area contributed by atoms with E-state index in [0.29, 0.717) is 5.91 Å². The van der Waals surface area contributed by atoms with Gasteiger partial charge in [0.25, 0.3) is 0 Å². The first-order valence-electron chi connectivity index (χ1n) is 9.09. The molecule has 2 aromatic rings. The molecule has 1 aromatic heterocycles. The van der Waals surface area contributed by atoms with E-state index in [9.17, 15) is 4.79 Å². The number of amides is 1. The van der Waals surface area contributed by atoms with Crippen LogP contribution >= 0.6 is 0 Å². The van der Waals surface area contributed by atoms with Crippen LogP contribution in [0.4, 0.5) is 0 Å². The molecule has 0 N–H and O–H groups in total. The quantitative estimate of drug-likeness (QED) is 0.859. The summed E-state index contributed by atoms with van der Waals surface area (Å²) in [4.78, 5) is 22.0. The van der Waals surface area contributed by atoms with E-state index in [-0.39, 0.29) is 5.41 Å². The third kappa shape index (κ3) is 3.09. The molecular formula is C20H26N4O. The highest BCUT2D eigenvalue weighted by Crippen LogP contribution is 2.41. The average molecular weight is 338 g/mol. The number of nitrogens with zero attached hydrogens (tertiary/aromatic N) is 4. The smallest absolute Gasteiger partial charge is 0.230 e. The second-order valence-electron chi connectivity index (χ2n) is 7.66. The molecule has 0 bridgehead atoms. The van der Waals surface area contributed by atoms with Gasteiger partial charge in [0.15, 0.2) is 0 Å². The zero-order valence-electron chi connectivity index (χ0n) is 15.1. The fourth-order valence-electron chi connectivity index (χ4n) is 4.30. The first-order valence-corrected chi connectivity index (χ1v) is 9.09. The van der Waals surface area contributed by atoms with Gasteiger partial charge in [0, 0.05) is 39.1 Å². The largest absolute Gasteiger partial charge is 0.338 e. The van der Waals surface area contributed by atoms with Crippen molar-refractivity contribution in [2.45, 2.75) is 32.9 Å². The minimum Gasteiger partial charge on any atom is -0.338 e. The Labute approximate surface area is 149 Å². The van der Waals surface area contributed by atoms with Gasteiger partial charge in [-0.15, -0.1) is 0 Å². The molecule has 0 radical (unpaired) electrons. The Bertz CT molecular complexity index is 784. The summed E-state index contributed by atoms with van der Waals surface area (Å²) in [6.07, 6.45) is 5.77. The number of likely N-dealkylation sites (tertiary alicyclic amines) is 2. The van der Waals surface area contributed by atoms with Gasteiger partial charge in [-0.25, -0.2) is 4.98 Å². The molecule has 2 fully saturated rings. The number of hydrogen-bond acceptors (Lipinski definition) is 3. The van der Waals surface area contributed by atoms with Crippen molar-refractivity contribution in [3.05, 3.63) is 53.6 Å². The summed E-state index contributed by atoms with van der Waals surface area (Å²) in [6, 6.07) is 8.47. The first kappa shape index (κ1) is 16.3. The van der Waals surface area contributed by atoms with Gasteiger partial charge in [-0.05, 0) is 31.9 Å². The van der Waals surface area contributed by atoms with Gasteiger partial charge in [0.1, 0.15) is 5.82 Å². The zero-order valence-corrected chi connectivity index (χ0v) is 15.1. The van der Waals surface area contributed by atoms with Crippen LogP contribution in [0.1, 0.15) is 29.8 Å². The van der Waals surface area contributed by atoms with Crippen LogP contribution in [-0.2, 0) is 24.9 Å². The van der Waals surface area contributed by atoms with Gasteiger partial charge in [0.05, 0.1) is 12.0 Å². The Hall–Kier alpha value is -2.14. The maximum absolute atomic E-state index is 13.1. The summed E-state index contributed by atoms with van der Waals surface area (Å²) >= 11 is 0. The molecule has 1 spiro atoms. The topological polar surface area (TPSA) is 41.4 Å². The SMILES string of the molecule is Cc1cccc(CN2CCC3(CCN(Cc4nccn4C)C3)C2=O)c1. The van der Waals surface area contributed by atoms with Gasteiger partial charge in [-0.3, -0.25) is 9.69 Å². The third-order valence-corrected chi connectivity index (χ3v) is 5.78. The molecule has 4 rings (SSSR count). The molecule has 0 aliphatic carbocycles. The molecule has 1 aromatic carbocycles. The van der Waals surface area contributed by atoms with E-state index in [1.54, 1.807) is 0 Å². The van der Waals surface area contributed by atoms with Gasteiger partial charge >= 0.3 is 0 Å². The second kappa shape index (κ2) is 6.30. The highest BCUT2D eigenvalue weighted by atomic mass is 16.2. The lowest BCUT2D eigenvalue weighted by Gasteiger charge is -2.24. The Morgan fingerprint density at radius 1 is 1.20 bits per heavy atom. The van der Waals surface area contributed by atoms with Gasteiger partial charge in [-0.2, -0.15) is 0 Å². The lowest BCUT2D eigenvalue weighted by Crippen LogP contribution is -2.36. The number of benzene rings is 1. The minimum atomic E-state index is -0.172. The summed E-state index contributed by atoms with van der Waals surface area (Å²) in [6.45, 7) is 6.39. The van der Waals surface area contributed by atoms with E-state index in [1.165, 1.54) is 11.1 Å². The van der Waals surface area contributed by atoms with Crippen LogP contribution in [0, 0.1) is 12.3 Å². The molecule has 2 aliphatic heterocycles. The lowest BCUT2D eigenvalue weighted by molar-refractivity contribution is -0.136. The Kier molecular flexibility index (Phi) is 4.12. The third-order valence-electron chi connectivity index (χ3n) is 5.78. The molecule has 2 aliphatic rings. The lowest BCUT2D eigenvalue weighted by atomic mass is 9.85. The molecule has 2 saturated heterocycles. The van der Waals surface area contributed by atoms with Crippen LogP contribution in [0.2, 0.25) is 0 Å². The van der Waals surface area contributed by atoms with E-state index >= 15 is 0 Å². The summed E-state index contributed by atoms with van der Waals surface area (Å²) in [5.74, 6) is 1.41. The average Bonchev–Trinajstić information content (AvgIpc) is 3.26. The molecule has 1 unspecified atom stereocenters. The van der Waals surface area contributed by atoms with Crippen LogP contribution < -0.4 is 0 Å². The van der Waals surface area contributed by atoms with Crippen molar-refractivity contribution < 1.29 is 4.79 Å². The fraction of sp³-hybridized carbons (Fsp3) is 0.500. The van der Waals surface area contributed by atoms with Crippen LogP contribution in [0.5, 0.6) is 0 Å². The van der Waals surface area contributed by atoms with Crippen molar-refractivity contribution in [2.75, 3.05) is 19.6 Å². The first-order chi connectivity index (χ1) is 12.1.